The van der Waals surface area contributed by atoms with E-state index >= 15 is 0 Å². The number of nitrogens with one attached hydrogen (secondary N) is 1. The maximum Gasteiger partial charge on any atom is 0.121 e. The van der Waals surface area contributed by atoms with E-state index in [2.05, 4.69) is 24.4 Å². The van der Waals surface area contributed by atoms with Crippen LogP contribution in [-0.4, -0.2) is 13.1 Å². The van der Waals surface area contributed by atoms with E-state index in [9.17, 15) is 0 Å². The van der Waals surface area contributed by atoms with Gasteiger partial charge in [0.2, 0.25) is 0 Å². The summed E-state index contributed by atoms with van der Waals surface area (Å²) >= 11 is 0. The lowest BCUT2D eigenvalue weighted by atomic mass is 10.1. The summed E-state index contributed by atoms with van der Waals surface area (Å²) in [6.45, 7) is 4.07. The van der Waals surface area contributed by atoms with Crippen LogP contribution in [0.25, 0.3) is 0 Å². The van der Waals surface area contributed by atoms with Crippen molar-refractivity contribution >= 4 is 5.69 Å². The van der Waals surface area contributed by atoms with Crippen LogP contribution in [0.4, 0.5) is 5.69 Å². The Bertz CT molecular complexity index is 526. The van der Waals surface area contributed by atoms with Crippen molar-refractivity contribution in [1.29, 1.82) is 0 Å². The summed E-state index contributed by atoms with van der Waals surface area (Å²) in [7, 11) is 0. The summed E-state index contributed by atoms with van der Waals surface area (Å²) in [6.07, 6.45) is 0. The van der Waals surface area contributed by atoms with E-state index in [4.69, 9.17) is 10.5 Å². The number of anilines is 1. The van der Waals surface area contributed by atoms with E-state index in [0.29, 0.717) is 13.2 Å². The molecule has 19 heavy (non-hydrogen) atoms. The van der Waals surface area contributed by atoms with Gasteiger partial charge >= 0.3 is 0 Å². The van der Waals surface area contributed by atoms with Crippen LogP contribution < -0.4 is 15.8 Å². The highest BCUT2D eigenvalue weighted by atomic mass is 16.5. The zero-order valence-electron chi connectivity index (χ0n) is 11.2. The second-order valence-electron chi connectivity index (χ2n) is 4.46. The summed E-state index contributed by atoms with van der Waals surface area (Å²) in [5.74, 6) is 0.866. The van der Waals surface area contributed by atoms with Crippen LogP contribution in [0.2, 0.25) is 0 Å². The summed E-state index contributed by atoms with van der Waals surface area (Å²) in [4.78, 5) is 0. The van der Waals surface area contributed by atoms with Crippen molar-refractivity contribution in [3.8, 4) is 5.75 Å². The minimum atomic E-state index is 0.590. The molecule has 0 fully saturated rings. The van der Waals surface area contributed by atoms with E-state index in [-0.39, 0.29) is 0 Å². The number of rotatable bonds is 6. The first-order valence-electron chi connectivity index (χ1n) is 6.51. The van der Waals surface area contributed by atoms with E-state index in [0.717, 1.165) is 18.0 Å². The van der Waals surface area contributed by atoms with Gasteiger partial charge in [-0.15, -0.1) is 0 Å². The molecule has 0 aliphatic heterocycles. The Morgan fingerprint density at radius 1 is 1.11 bits per heavy atom. The van der Waals surface area contributed by atoms with Crippen molar-refractivity contribution < 1.29 is 4.74 Å². The Morgan fingerprint density at radius 2 is 1.95 bits per heavy atom. The van der Waals surface area contributed by atoms with Gasteiger partial charge < -0.3 is 15.8 Å². The predicted molar refractivity (Wildman–Crippen MR) is 79.5 cm³/mol. The Kier molecular flexibility index (Phi) is 4.81. The smallest absolute Gasteiger partial charge is 0.121 e. The Labute approximate surface area is 114 Å². The van der Waals surface area contributed by atoms with E-state index in [1.807, 2.05) is 36.4 Å². The van der Waals surface area contributed by atoms with Crippen LogP contribution in [0.5, 0.6) is 5.75 Å². The predicted octanol–water partition coefficient (Wildman–Crippen LogP) is 2.94. The molecular weight excluding hydrogens is 236 g/mol. The highest BCUT2D eigenvalue weighted by Crippen LogP contribution is 2.19. The van der Waals surface area contributed by atoms with Crippen LogP contribution in [0.3, 0.4) is 0 Å². The quantitative estimate of drug-likeness (QED) is 0.835. The van der Waals surface area contributed by atoms with Crippen molar-refractivity contribution in [3.63, 3.8) is 0 Å². The maximum absolute atomic E-state index is 5.82. The molecule has 0 amide bonds. The molecule has 3 nitrogen and oxygen atoms in total. The van der Waals surface area contributed by atoms with Gasteiger partial charge in [0, 0.05) is 24.8 Å². The zero-order chi connectivity index (χ0) is 13.5. The van der Waals surface area contributed by atoms with Gasteiger partial charge in [-0.05, 0) is 30.2 Å². The highest BCUT2D eigenvalue weighted by Gasteiger charge is 2.00. The number of nitrogens with two attached hydrogens (primary N) is 1. The zero-order valence-corrected chi connectivity index (χ0v) is 11.2. The lowest BCUT2D eigenvalue weighted by Gasteiger charge is -2.10. The van der Waals surface area contributed by atoms with E-state index in [1.165, 1.54) is 11.1 Å². The molecule has 0 spiro atoms. The van der Waals surface area contributed by atoms with Gasteiger partial charge in [0.25, 0.3) is 0 Å². The molecule has 0 unspecified atom stereocenters. The van der Waals surface area contributed by atoms with Gasteiger partial charge in [0.1, 0.15) is 12.4 Å². The Balaban J connectivity index is 1.98. The van der Waals surface area contributed by atoms with Gasteiger partial charge in [-0.25, -0.2) is 0 Å². The summed E-state index contributed by atoms with van der Waals surface area (Å²) in [5.41, 5.74) is 8.97. The first kappa shape index (κ1) is 13.4. The molecule has 0 aromatic heterocycles. The normalized spacial score (nSPS) is 10.2. The minimum Gasteiger partial charge on any atom is -0.489 e. The largest absolute Gasteiger partial charge is 0.489 e. The van der Waals surface area contributed by atoms with Crippen molar-refractivity contribution in [3.05, 3.63) is 59.7 Å². The topological polar surface area (TPSA) is 47.3 Å². The molecule has 3 heteroatoms. The first-order valence-corrected chi connectivity index (χ1v) is 6.51. The second-order valence-corrected chi connectivity index (χ2v) is 4.46. The third-order valence-corrected chi connectivity index (χ3v) is 2.96. The molecule has 0 heterocycles. The first-order chi connectivity index (χ1) is 9.29. The fourth-order valence-electron chi connectivity index (χ4n) is 1.85. The average Bonchev–Trinajstić information content (AvgIpc) is 2.45. The van der Waals surface area contributed by atoms with Crippen LogP contribution in [0.1, 0.15) is 11.1 Å². The van der Waals surface area contributed by atoms with Gasteiger partial charge in [-0.1, -0.05) is 30.3 Å². The molecule has 2 rings (SSSR count). The third-order valence-electron chi connectivity index (χ3n) is 2.96. The SMILES string of the molecule is Cc1ccccc1COc1cccc(NCCN)c1. The fourth-order valence-corrected chi connectivity index (χ4v) is 1.85. The summed E-state index contributed by atoms with van der Waals surface area (Å²) in [5, 5.41) is 3.24. The van der Waals surface area contributed by atoms with Crippen LogP contribution in [-0.2, 0) is 6.61 Å². The van der Waals surface area contributed by atoms with Crippen LogP contribution in [0.15, 0.2) is 48.5 Å². The number of hydrogen-bond acceptors (Lipinski definition) is 3. The van der Waals surface area contributed by atoms with Gasteiger partial charge in [-0.3, -0.25) is 0 Å². The van der Waals surface area contributed by atoms with Gasteiger partial charge in [0.05, 0.1) is 0 Å². The molecule has 2 aromatic rings. The monoisotopic (exact) mass is 256 g/mol. The van der Waals surface area contributed by atoms with Crippen molar-refractivity contribution in [2.45, 2.75) is 13.5 Å². The minimum absolute atomic E-state index is 0.590. The Hall–Kier alpha value is -2.00. The molecule has 0 radical (unpaired) electrons. The number of hydrogen-bond donors (Lipinski definition) is 2. The van der Waals surface area contributed by atoms with E-state index in [1.54, 1.807) is 0 Å². The van der Waals surface area contributed by atoms with Gasteiger partial charge in [0.15, 0.2) is 0 Å². The molecule has 100 valence electrons. The maximum atomic E-state index is 5.82. The third kappa shape index (κ3) is 4.00. The molecule has 0 bridgehead atoms. The number of ether oxygens (including phenoxy) is 1. The fraction of sp³-hybridized carbons (Fsp3) is 0.250. The van der Waals surface area contributed by atoms with Crippen molar-refractivity contribution in [2.75, 3.05) is 18.4 Å². The lowest BCUT2D eigenvalue weighted by molar-refractivity contribution is 0.305. The lowest BCUT2D eigenvalue weighted by Crippen LogP contribution is -2.12. The van der Waals surface area contributed by atoms with Crippen LogP contribution in [0, 0.1) is 6.92 Å². The van der Waals surface area contributed by atoms with Crippen molar-refractivity contribution in [2.24, 2.45) is 5.73 Å². The molecule has 3 N–H and O–H groups in total. The highest BCUT2D eigenvalue weighted by molar-refractivity contribution is 5.48. The molecule has 2 aromatic carbocycles. The van der Waals surface area contributed by atoms with Crippen molar-refractivity contribution in [1.82, 2.24) is 0 Å². The summed E-state index contributed by atoms with van der Waals surface area (Å²) < 4.78 is 5.82. The number of aryl methyl sites for hydroxylation is 1. The molecule has 0 aliphatic carbocycles. The standard InChI is InChI=1S/C16H20N2O/c1-13-5-2-3-6-14(13)12-19-16-8-4-7-15(11-16)18-10-9-17/h2-8,11,18H,9-10,12,17H2,1H3. The second kappa shape index (κ2) is 6.81. The molecule has 0 saturated carbocycles. The Morgan fingerprint density at radius 3 is 2.74 bits per heavy atom. The van der Waals surface area contributed by atoms with Crippen LogP contribution >= 0.6 is 0 Å². The molecule has 0 atom stereocenters. The molecule has 0 aliphatic rings. The molecular formula is C16H20N2O. The number of benzene rings is 2. The summed E-state index contributed by atoms with van der Waals surface area (Å²) in [6, 6.07) is 16.2. The molecule has 0 saturated heterocycles. The average molecular weight is 256 g/mol. The van der Waals surface area contributed by atoms with E-state index < -0.39 is 0 Å². The van der Waals surface area contributed by atoms with Gasteiger partial charge in [-0.2, -0.15) is 0 Å².